The highest BCUT2D eigenvalue weighted by atomic mass is 32.1. The first-order valence-corrected chi connectivity index (χ1v) is 14.3. The average Bonchev–Trinajstić information content (AvgIpc) is 3.56. The third-order valence-corrected chi connectivity index (χ3v) is 8.66. The lowest BCUT2D eigenvalue weighted by Crippen LogP contribution is -2.37. The number of likely N-dealkylation sites (tertiary alicyclic amines) is 1. The van der Waals surface area contributed by atoms with Crippen LogP contribution in [0.5, 0.6) is 0 Å². The number of carbonyl (C=O) groups excluding carboxylic acids is 2. The molecule has 0 spiro atoms. The molecule has 1 saturated heterocycles. The number of hydrogen-bond acceptors (Lipinski definition) is 4. The molecule has 2 aromatic heterocycles. The predicted octanol–water partition coefficient (Wildman–Crippen LogP) is 6.09. The van der Waals surface area contributed by atoms with Crippen LogP contribution in [0, 0.1) is 10.8 Å². The lowest BCUT2D eigenvalue weighted by atomic mass is 9.65. The van der Waals surface area contributed by atoms with Gasteiger partial charge in [0.25, 0.3) is 11.8 Å². The maximum Gasteiger partial charge on any atom is 0.273 e. The Morgan fingerprint density at radius 2 is 1.89 bits per heavy atom. The summed E-state index contributed by atoms with van der Waals surface area (Å²) in [4.78, 5) is 35.4. The number of rotatable bonds is 8. The molecule has 7 heteroatoms. The molecular weight excluding hydrogens is 480 g/mol. The molecule has 5 rings (SSSR count). The summed E-state index contributed by atoms with van der Waals surface area (Å²) in [6, 6.07) is 13.9. The van der Waals surface area contributed by atoms with Crippen LogP contribution in [0.2, 0.25) is 0 Å². The molecule has 196 valence electrons. The van der Waals surface area contributed by atoms with Crippen molar-refractivity contribution >= 4 is 23.2 Å². The number of carbonyl (C=O) groups is 2. The molecule has 2 atom stereocenters. The Bertz CT molecular complexity index is 1260. The zero-order valence-electron chi connectivity index (χ0n) is 22.4. The van der Waals surface area contributed by atoms with Crippen molar-refractivity contribution in [2.24, 2.45) is 10.8 Å². The van der Waals surface area contributed by atoms with Gasteiger partial charge in [-0.3, -0.25) is 9.59 Å². The Hall–Kier alpha value is -2.93. The van der Waals surface area contributed by atoms with Gasteiger partial charge in [0, 0.05) is 42.0 Å². The SMILES string of the molecule is CCCN(Cc1cccn1Cc1nc(C(=O)N2CC3(C)CC2CC(C)(C)C3)cs1)C(=O)c1ccccc1. The molecule has 1 aromatic carbocycles. The van der Waals surface area contributed by atoms with Crippen molar-refractivity contribution in [1.29, 1.82) is 0 Å². The number of aromatic nitrogens is 2. The largest absolute Gasteiger partial charge is 0.343 e. The molecule has 2 fully saturated rings. The van der Waals surface area contributed by atoms with E-state index in [1.165, 1.54) is 6.42 Å². The Morgan fingerprint density at radius 3 is 2.65 bits per heavy atom. The molecule has 37 heavy (non-hydrogen) atoms. The van der Waals surface area contributed by atoms with Crippen molar-refractivity contribution in [2.75, 3.05) is 13.1 Å². The van der Waals surface area contributed by atoms with Gasteiger partial charge in [0.2, 0.25) is 0 Å². The smallest absolute Gasteiger partial charge is 0.273 e. The summed E-state index contributed by atoms with van der Waals surface area (Å²) in [5.41, 5.74) is 2.82. The summed E-state index contributed by atoms with van der Waals surface area (Å²) in [5.74, 6) is 0.120. The molecule has 3 heterocycles. The molecule has 2 amide bonds. The lowest BCUT2D eigenvalue weighted by Gasteiger charge is -2.39. The summed E-state index contributed by atoms with van der Waals surface area (Å²) in [6.07, 6.45) is 6.25. The highest BCUT2D eigenvalue weighted by molar-refractivity contribution is 7.09. The normalized spacial score (nSPS) is 22.3. The minimum absolute atomic E-state index is 0.0463. The molecule has 1 aliphatic heterocycles. The van der Waals surface area contributed by atoms with Gasteiger partial charge in [-0.15, -0.1) is 11.3 Å². The topological polar surface area (TPSA) is 58.4 Å². The number of thiazole rings is 1. The first-order chi connectivity index (χ1) is 17.7. The van der Waals surface area contributed by atoms with E-state index in [-0.39, 0.29) is 22.6 Å². The zero-order chi connectivity index (χ0) is 26.2. The van der Waals surface area contributed by atoms with Crippen LogP contribution in [0.1, 0.15) is 84.9 Å². The zero-order valence-corrected chi connectivity index (χ0v) is 23.3. The van der Waals surface area contributed by atoms with Gasteiger partial charge in [0.15, 0.2) is 0 Å². The fourth-order valence-electron chi connectivity index (χ4n) is 6.70. The second-order valence-corrected chi connectivity index (χ2v) is 12.9. The van der Waals surface area contributed by atoms with Crippen molar-refractivity contribution in [3.63, 3.8) is 0 Å². The molecule has 3 aromatic rings. The third-order valence-electron chi connectivity index (χ3n) is 7.83. The maximum atomic E-state index is 13.5. The Labute approximate surface area is 224 Å². The van der Waals surface area contributed by atoms with Gasteiger partial charge in [-0.25, -0.2) is 4.98 Å². The van der Waals surface area contributed by atoms with Gasteiger partial charge in [-0.05, 0) is 60.8 Å². The number of nitrogens with zero attached hydrogens (tertiary/aromatic N) is 4. The van der Waals surface area contributed by atoms with Crippen LogP contribution in [-0.4, -0.2) is 50.3 Å². The quantitative estimate of drug-likeness (QED) is 0.363. The molecule has 1 saturated carbocycles. The second kappa shape index (κ2) is 10.1. The van der Waals surface area contributed by atoms with Crippen LogP contribution < -0.4 is 0 Å². The van der Waals surface area contributed by atoms with Gasteiger partial charge < -0.3 is 14.4 Å². The minimum atomic E-state index is 0.0463. The van der Waals surface area contributed by atoms with Crippen molar-refractivity contribution in [3.05, 3.63) is 76.0 Å². The van der Waals surface area contributed by atoms with Crippen LogP contribution in [0.3, 0.4) is 0 Å². The van der Waals surface area contributed by atoms with Crippen LogP contribution in [0.15, 0.2) is 54.0 Å². The van der Waals surface area contributed by atoms with E-state index in [2.05, 4.69) is 43.2 Å². The van der Waals surface area contributed by atoms with E-state index in [1.807, 2.05) is 52.9 Å². The predicted molar refractivity (Wildman–Crippen MR) is 148 cm³/mol. The van der Waals surface area contributed by atoms with Gasteiger partial charge >= 0.3 is 0 Å². The molecule has 1 aliphatic carbocycles. The minimum Gasteiger partial charge on any atom is -0.343 e. The van der Waals surface area contributed by atoms with Gasteiger partial charge in [0.1, 0.15) is 10.7 Å². The van der Waals surface area contributed by atoms with Gasteiger partial charge in [-0.2, -0.15) is 0 Å². The van der Waals surface area contributed by atoms with E-state index >= 15 is 0 Å². The van der Waals surface area contributed by atoms with E-state index in [0.717, 1.165) is 36.5 Å². The van der Waals surface area contributed by atoms with Gasteiger partial charge in [-0.1, -0.05) is 45.9 Å². The van der Waals surface area contributed by atoms with Crippen molar-refractivity contribution in [2.45, 2.75) is 72.5 Å². The fraction of sp³-hybridized carbons (Fsp3) is 0.500. The Balaban J connectivity index is 1.28. The first kappa shape index (κ1) is 25.7. The monoisotopic (exact) mass is 518 g/mol. The van der Waals surface area contributed by atoms with Crippen LogP contribution >= 0.6 is 11.3 Å². The van der Waals surface area contributed by atoms with Crippen LogP contribution in [0.25, 0.3) is 0 Å². The second-order valence-electron chi connectivity index (χ2n) is 12.0. The molecule has 2 unspecified atom stereocenters. The van der Waals surface area contributed by atoms with Crippen LogP contribution in [0.4, 0.5) is 0 Å². The summed E-state index contributed by atoms with van der Waals surface area (Å²) >= 11 is 1.54. The fourth-order valence-corrected chi connectivity index (χ4v) is 7.47. The molecule has 0 radical (unpaired) electrons. The summed E-state index contributed by atoms with van der Waals surface area (Å²) < 4.78 is 2.14. The van der Waals surface area contributed by atoms with Crippen molar-refractivity contribution in [3.8, 4) is 0 Å². The molecular formula is C30H38N4O2S. The van der Waals surface area contributed by atoms with Crippen molar-refractivity contribution < 1.29 is 9.59 Å². The van der Waals surface area contributed by atoms with E-state index < -0.39 is 0 Å². The number of hydrogen-bond donors (Lipinski definition) is 0. The third kappa shape index (κ3) is 5.52. The molecule has 2 bridgehead atoms. The first-order valence-electron chi connectivity index (χ1n) is 13.4. The van der Waals surface area contributed by atoms with Crippen LogP contribution in [-0.2, 0) is 13.1 Å². The van der Waals surface area contributed by atoms with E-state index in [4.69, 9.17) is 4.98 Å². The van der Waals surface area contributed by atoms with E-state index in [1.54, 1.807) is 11.3 Å². The highest BCUT2D eigenvalue weighted by Crippen LogP contribution is 2.52. The Morgan fingerprint density at radius 1 is 1.11 bits per heavy atom. The lowest BCUT2D eigenvalue weighted by molar-refractivity contribution is 0.0701. The molecule has 0 N–H and O–H groups in total. The molecule has 6 nitrogen and oxygen atoms in total. The molecule has 2 aliphatic rings. The van der Waals surface area contributed by atoms with Gasteiger partial charge in [0.05, 0.1) is 13.1 Å². The standard InChI is InChI=1S/C30H38N4O2S/c1-5-13-33(27(35)22-10-7-6-8-11-22)17-23-12-9-14-32(23)18-26-31-25(19-37-26)28(36)34-21-30(4)16-24(34)15-29(2,3)20-30/h6-12,14,19,24H,5,13,15-18,20-21H2,1-4H3. The summed E-state index contributed by atoms with van der Waals surface area (Å²) in [6.45, 7) is 11.7. The highest BCUT2D eigenvalue weighted by Gasteiger charge is 2.51. The number of amides is 2. The van der Waals surface area contributed by atoms with Crippen molar-refractivity contribution in [1.82, 2.24) is 19.4 Å². The van der Waals surface area contributed by atoms with E-state index in [0.29, 0.717) is 36.9 Å². The Kier molecular flexibility index (Phi) is 7.01. The number of benzene rings is 1. The maximum absolute atomic E-state index is 13.5. The summed E-state index contributed by atoms with van der Waals surface area (Å²) in [5, 5.41) is 2.82. The summed E-state index contributed by atoms with van der Waals surface area (Å²) in [7, 11) is 0. The van der Waals surface area contributed by atoms with E-state index in [9.17, 15) is 9.59 Å². The number of fused-ring (bicyclic) bond motifs is 2. The average molecular weight is 519 g/mol.